The quantitative estimate of drug-likeness (QED) is 0.310. The van der Waals surface area contributed by atoms with Crippen LogP contribution in [0.15, 0.2) is 24.3 Å². The number of aliphatic hydroxyl groups is 1. The summed E-state index contributed by atoms with van der Waals surface area (Å²) in [6, 6.07) is -1.25. The van der Waals surface area contributed by atoms with Crippen molar-refractivity contribution in [3.8, 4) is 0 Å². The average molecular weight is 505 g/mol. The highest BCUT2D eigenvalue weighted by Crippen LogP contribution is 2.65. The van der Waals surface area contributed by atoms with Crippen LogP contribution < -0.4 is 0 Å². The number of amides is 2. The van der Waals surface area contributed by atoms with Gasteiger partial charge in [-0.1, -0.05) is 64.3 Å². The first-order valence-corrected chi connectivity index (χ1v) is 14.0. The molecule has 0 saturated carbocycles. The van der Waals surface area contributed by atoms with Crippen molar-refractivity contribution < 1.29 is 24.2 Å². The zero-order valence-corrected chi connectivity index (χ0v) is 22.3. The Hall–Kier alpha value is -1.80. The third-order valence-electron chi connectivity index (χ3n) is 8.42. The maximum Gasteiger partial charge on any atom is 0.311 e. The number of hydrogen-bond donors (Lipinski definition) is 1. The number of carbonyl (C=O) groups excluding carboxylic acids is 3. The minimum Gasteiger partial charge on any atom is -0.465 e. The van der Waals surface area contributed by atoms with Gasteiger partial charge in [-0.25, -0.2) is 0 Å². The molecule has 4 rings (SSSR count). The molecule has 0 aromatic carbocycles. The third kappa shape index (κ3) is 4.24. The van der Waals surface area contributed by atoms with Crippen molar-refractivity contribution in [1.82, 2.24) is 9.80 Å². The Kier molecular flexibility index (Phi) is 7.72. The molecule has 1 spiro atoms. The topological polar surface area (TPSA) is 87.2 Å². The van der Waals surface area contributed by atoms with Gasteiger partial charge < -0.3 is 19.6 Å². The van der Waals surface area contributed by atoms with Gasteiger partial charge in [-0.3, -0.25) is 14.4 Å². The summed E-state index contributed by atoms with van der Waals surface area (Å²) in [5, 5.41) is 10.4. The first kappa shape index (κ1) is 26.3. The van der Waals surface area contributed by atoms with Crippen LogP contribution in [-0.2, 0) is 19.1 Å². The van der Waals surface area contributed by atoms with E-state index in [4.69, 9.17) is 4.74 Å². The molecule has 0 aromatic rings. The molecule has 7 atom stereocenters. The van der Waals surface area contributed by atoms with Gasteiger partial charge in [0.25, 0.3) is 0 Å². The van der Waals surface area contributed by atoms with E-state index >= 15 is 0 Å². The van der Waals surface area contributed by atoms with Gasteiger partial charge in [-0.15, -0.1) is 11.8 Å². The molecule has 2 saturated heterocycles. The summed E-state index contributed by atoms with van der Waals surface area (Å²) in [5.74, 6) is -2.06. The zero-order chi connectivity index (χ0) is 25.4. The Balaban J connectivity index is 1.85. The fourth-order valence-electron chi connectivity index (χ4n) is 6.40. The van der Waals surface area contributed by atoms with Crippen molar-refractivity contribution in [2.75, 3.05) is 26.3 Å². The number of likely N-dealkylation sites (tertiary alicyclic amines) is 1. The Labute approximate surface area is 213 Å². The molecule has 8 heteroatoms. The van der Waals surface area contributed by atoms with E-state index in [1.54, 1.807) is 16.7 Å². The molecule has 4 aliphatic heterocycles. The number of cyclic esters (lactones) is 1. The molecule has 0 radical (unpaired) electrons. The van der Waals surface area contributed by atoms with Crippen LogP contribution in [0.1, 0.15) is 59.8 Å². The SMILES string of the molecule is CCCCCN1CC=C[C@]23S[C@@]4(C)C=CCCOC(=O)[C@H]4[C@H]2C(=O)N([C@@H](CO)[C@@H](C)CC)C3C1=O. The van der Waals surface area contributed by atoms with E-state index in [9.17, 15) is 19.5 Å². The summed E-state index contributed by atoms with van der Waals surface area (Å²) in [6.07, 6.45) is 12.5. The highest BCUT2D eigenvalue weighted by Gasteiger charge is 2.74. The van der Waals surface area contributed by atoms with Crippen LogP contribution in [0.25, 0.3) is 0 Å². The first-order chi connectivity index (χ1) is 16.8. The van der Waals surface area contributed by atoms with Crippen LogP contribution in [0.5, 0.6) is 0 Å². The van der Waals surface area contributed by atoms with Gasteiger partial charge in [-0.05, 0) is 25.7 Å². The molecule has 4 aliphatic rings. The summed E-state index contributed by atoms with van der Waals surface area (Å²) >= 11 is 1.56. The summed E-state index contributed by atoms with van der Waals surface area (Å²) < 4.78 is 4.04. The van der Waals surface area contributed by atoms with Crippen molar-refractivity contribution in [3.05, 3.63) is 24.3 Å². The Morgan fingerprint density at radius 3 is 2.60 bits per heavy atom. The van der Waals surface area contributed by atoms with E-state index in [1.807, 2.05) is 50.0 Å². The smallest absolute Gasteiger partial charge is 0.311 e. The minimum atomic E-state index is -0.887. The van der Waals surface area contributed by atoms with Crippen LogP contribution in [0.3, 0.4) is 0 Å². The molecule has 2 fully saturated rings. The van der Waals surface area contributed by atoms with Gasteiger partial charge in [0.05, 0.1) is 35.8 Å². The number of esters is 1. The van der Waals surface area contributed by atoms with Gasteiger partial charge in [0.2, 0.25) is 11.8 Å². The lowest BCUT2D eigenvalue weighted by Crippen LogP contribution is -2.58. The molecule has 1 N–H and O–H groups in total. The molecular formula is C27H40N2O5S. The van der Waals surface area contributed by atoms with Gasteiger partial charge in [0.1, 0.15) is 6.04 Å². The number of hydrogen-bond acceptors (Lipinski definition) is 6. The highest BCUT2D eigenvalue weighted by molar-refractivity contribution is 8.02. The molecule has 4 heterocycles. The number of aliphatic hydroxyl groups excluding tert-OH is 1. The van der Waals surface area contributed by atoms with E-state index in [-0.39, 0.29) is 30.3 Å². The maximum atomic E-state index is 14.3. The van der Waals surface area contributed by atoms with Gasteiger partial charge in [-0.2, -0.15) is 0 Å². The Morgan fingerprint density at radius 1 is 1.14 bits per heavy atom. The lowest BCUT2D eigenvalue weighted by molar-refractivity contribution is -0.155. The molecule has 0 aliphatic carbocycles. The number of thioether (sulfide) groups is 1. The summed E-state index contributed by atoms with van der Waals surface area (Å²) in [5.41, 5.74) is 0. The van der Waals surface area contributed by atoms with Gasteiger partial charge >= 0.3 is 5.97 Å². The van der Waals surface area contributed by atoms with Crippen molar-refractivity contribution in [2.24, 2.45) is 17.8 Å². The second kappa shape index (κ2) is 10.3. The number of unbranched alkanes of at least 4 members (excludes halogenated alkanes) is 2. The van der Waals surface area contributed by atoms with Crippen molar-refractivity contribution in [1.29, 1.82) is 0 Å². The predicted molar refractivity (Wildman–Crippen MR) is 137 cm³/mol. The number of rotatable bonds is 8. The summed E-state index contributed by atoms with van der Waals surface area (Å²) in [4.78, 5) is 45.4. The largest absolute Gasteiger partial charge is 0.465 e. The van der Waals surface area contributed by atoms with Crippen molar-refractivity contribution >= 4 is 29.5 Å². The molecule has 0 bridgehead atoms. The number of ether oxygens (including phenoxy) is 1. The van der Waals surface area contributed by atoms with Gasteiger partial charge in [0.15, 0.2) is 0 Å². The monoisotopic (exact) mass is 504 g/mol. The second-order valence-electron chi connectivity index (χ2n) is 10.6. The molecular weight excluding hydrogens is 464 g/mol. The molecule has 1 unspecified atom stereocenters. The third-order valence-corrected chi connectivity index (χ3v) is 10.2. The zero-order valence-electron chi connectivity index (χ0n) is 21.4. The normalized spacial score (nSPS) is 36.1. The van der Waals surface area contributed by atoms with E-state index in [2.05, 4.69) is 6.92 Å². The second-order valence-corrected chi connectivity index (χ2v) is 12.4. The summed E-state index contributed by atoms with van der Waals surface area (Å²) in [6.45, 7) is 9.36. The van der Waals surface area contributed by atoms with E-state index < -0.39 is 33.4 Å². The fraction of sp³-hybridized carbons (Fsp3) is 0.741. The fourth-order valence-corrected chi connectivity index (χ4v) is 8.54. The standard InChI is InChI=1S/C27H40N2O5S/c1-5-7-9-14-28-15-11-13-27-20(21-25(33)34-16-10-8-12-26(21,4)35-27)23(31)29(22(27)24(28)32)19(17-30)18(3)6-2/h8,11-13,18-22,30H,5-7,9-10,14-17H2,1-4H3/t18-,19-,20-,21+,22?,26-,27-/m0/s1. The lowest BCUT2D eigenvalue weighted by atomic mass is 9.74. The van der Waals surface area contributed by atoms with Crippen LogP contribution in [0.4, 0.5) is 0 Å². The summed E-state index contributed by atoms with van der Waals surface area (Å²) in [7, 11) is 0. The molecule has 0 aromatic heterocycles. The molecule has 2 amide bonds. The van der Waals surface area contributed by atoms with E-state index in [0.29, 0.717) is 26.1 Å². The Bertz CT molecular complexity index is 906. The molecule has 7 nitrogen and oxygen atoms in total. The maximum absolute atomic E-state index is 14.3. The number of fused-ring (bicyclic) bond motifs is 2. The average Bonchev–Trinajstić information content (AvgIpc) is 3.15. The number of nitrogens with zero attached hydrogens (tertiary/aromatic N) is 2. The van der Waals surface area contributed by atoms with E-state index in [1.165, 1.54) is 0 Å². The predicted octanol–water partition coefficient (Wildman–Crippen LogP) is 3.17. The van der Waals surface area contributed by atoms with E-state index in [0.717, 1.165) is 25.7 Å². The van der Waals surface area contributed by atoms with Crippen molar-refractivity contribution in [2.45, 2.75) is 81.4 Å². The highest BCUT2D eigenvalue weighted by atomic mass is 32.2. The van der Waals surface area contributed by atoms with Crippen LogP contribution in [0.2, 0.25) is 0 Å². The van der Waals surface area contributed by atoms with Gasteiger partial charge in [0, 0.05) is 17.8 Å². The molecule has 35 heavy (non-hydrogen) atoms. The number of carbonyl (C=O) groups is 3. The first-order valence-electron chi connectivity index (χ1n) is 13.2. The molecule has 194 valence electrons. The minimum absolute atomic E-state index is 0.00830. The lowest BCUT2D eigenvalue weighted by Gasteiger charge is -2.41. The van der Waals surface area contributed by atoms with Crippen LogP contribution >= 0.6 is 11.8 Å². The van der Waals surface area contributed by atoms with Crippen LogP contribution in [-0.4, -0.2) is 80.6 Å². The van der Waals surface area contributed by atoms with Crippen LogP contribution in [0, 0.1) is 17.8 Å². The van der Waals surface area contributed by atoms with Crippen molar-refractivity contribution in [3.63, 3.8) is 0 Å². The Morgan fingerprint density at radius 2 is 1.91 bits per heavy atom.